The third-order valence-electron chi connectivity index (χ3n) is 0.942. The van der Waals surface area contributed by atoms with Gasteiger partial charge in [-0.05, 0) is 18.2 Å². The molecule has 0 bridgehead atoms. The molecular weight excluding hydrogens is 206 g/mol. The van der Waals surface area contributed by atoms with Gasteiger partial charge in [0.05, 0.1) is 0 Å². The topological polar surface area (TPSA) is 52.0 Å². The van der Waals surface area contributed by atoms with Gasteiger partial charge in [0, 0.05) is 16.4 Å². The first-order valence-electron chi connectivity index (χ1n) is 2.50. The van der Waals surface area contributed by atoms with Crippen molar-refractivity contribution in [2.45, 2.75) is 0 Å². The fraction of sp³-hybridized carbons (Fsp3) is 0. The fourth-order valence-electron chi connectivity index (χ4n) is 0.636. The number of hydrogen-bond acceptors (Lipinski definition) is 2. The molecule has 0 aliphatic carbocycles. The number of rotatable bonds is 0. The molecule has 2 nitrogen and oxygen atoms in total. The van der Waals surface area contributed by atoms with Gasteiger partial charge in [0.15, 0.2) is 0 Å². The van der Waals surface area contributed by atoms with Crippen LogP contribution in [0.3, 0.4) is 0 Å². The minimum Gasteiger partial charge on any atom is -1.00 e. The van der Waals surface area contributed by atoms with Crippen LogP contribution in [0.2, 0.25) is 5.02 Å². The Morgan fingerprint density at radius 3 is 1.55 bits per heavy atom. The summed E-state index contributed by atoms with van der Waals surface area (Å²) in [5.74, 6) is 0. The number of anilines is 2. The zero-order chi connectivity index (χ0) is 6.85. The Kier molecular flexibility index (Phi) is 6.47. The average Bonchev–Trinajstić information content (AvgIpc) is 1.59. The van der Waals surface area contributed by atoms with Gasteiger partial charge >= 0.3 is 0 Å². The average molecular weight is 213 g/mol. The Hall–Kier alpha value is -0.310. The van der Waals surface area contributed by atoms with Crippen molar-refractivity contribution in [1.82, 2.24) is 0 Å². The van der Waals surface area contributed by atoms with Crippen LogP contribution in [0, 0.1) is 0 Å². The molecule has 1 aromatic carbocycles. The first kappa shape index (κ1) is 13.3. The van der Waals surface area contributed by atoms with E-state index in [0.29, 0.717) is 16.4 Å². The van der Waals surface area contributed by atoms with Gasteiger partial charge in [-0.25, -0.2) is 0 Å². The predicted molar refractivity (Wildman–Crippen MR) is 40.3 cm³/mol. The van der Waals surface area contributed by atoms with Crippen LogP contribution in [0.15, 0.2) is 18.2 Å². The molecule has 0 fully saturated rings. The monoisotopic (exact) mass is 212 g/mol. The molecule has 1 rings (SSSR count). The number of nitrogens with two attached hydrogens (primary N) is 2. The van der Waals surface area contributed by atoms with Crippen LogP contribution in [0.4, 0.5) is 11.4 Å². The zero-order valence-corrected chi connectivity index (χ0v) is 7.79. The second-order valence-corrected chi connectivity index (χ2v) is 2.25. The summed E-state index contributed by atoms with van der Waals surface area (Å²) in [6, 6.07) is 4.96. The summed E-state index contributed by atoms with van der Waals surface area (Å²) in [6.45, 7) is 0. The maximum atomic E-state index is 5.59. The molecule has 0 aliphatic heterocycles. The molecule has 4 N–H and O–H groups in total. The third-order valence-corrected chi connectivity index (χ3v) is 1.16. The molecule has 0 heterocycles. The summed E-state index contributed by atoms with van der Waals surface area (Å²) < 4.78 is 0. The molecule has 64 valence electrons. The van der Waals surface area contributed by atoms with Crippen LogP contribution >= 0.6 is 11.6 Å². The minimum atomic E-state index is 0. The summed E-state index contributed by atoms with van der Waals surface area (Å²) in [4.78, 5) is 0. The highest BCUT2D eigenvalue weighted by Crippen LogP contribution is 2.17. The van der Waals surface area contributed by atoms with E-state index in [1.807, 2.05) is 0 Å². The van der Waals surface area contributed by atoms with Crippen molar-refractivity contribution in [2.24, 2.45) is 0 Å². The summed E-state index contributed by atoms with van der Waals surface area (Å²) in [5, 5.41) is 0.576. The maximum absolute atomic E-state index is 5.59. The van der Waals surface area contributed by atoms with Crippen LogP contribution < -0.4 is 36.3 Å². The van der Waals surface area contributed by atoms with E-state index in [0.717, 1.165) is 0 Å². The quantitative estimate of drug-likeness (QED) is 0.427. The maximum Gasteiger partial charge on any atom is 0.0446 e. The van der Waals surface area contributed by atoms with E-state index in [-0.39, 0.29) is 24.8 Å². The standard InChI is InChI=1S/C6H7ClN2.2ClH/c7-4-1-5(8)3-6(9)2-4;;/h1-3H,8-9H2;2*1H/p-2. The van der Waals surface area contributed by atoms with Crippen LogP contribution in [-0.4, -0.2) is 0 Å². The molecule has 0 amide bonds. The van der Waals surface area contributed by atoms with Gasteiger partial charge in [-0.1, -0.05) is 11.6 Å². The summed E-state index contributed by atoms with van der Waals surface area (Å²) in [6.07, 6.45) is 0. The summed E-state index contributed by atoms with van der Waals surface area (Å²) in [5.41, 5.74) is 12.0. The highest BCUT2D eigenvalue weighted by molar-refractivity contribution is 6.31. The fourth-order valence-corrected chi connectivity index (χ4v) is 0.888. The van der Waals surface area contributed by atoms with Gasteiger partial charge in [-0.15, -0.1) is 0 Å². The number of halogens is 3. The van der Waals surface area contributed by atoms with Crippen molar-refractivity contribution in [3.05, 3.63) is 23.2 Å². The van der Waals surface area contributed by atoms with Crippen LogP contribution in [0.5, 0.6) is 0 Å². The predicted octanol–water partition coefficient (Wildman–Crippen LogP) is -4.49. The Bertz CT molecular complexity index is 177. The number of hydrogen-bond donors (Lipinski definition) is 2. The Balaban J connectivity index is 0. The molecule has 0 saturated heterocycles. The van der Waals surface area contributed by atoms with Crippen LogP contribution in [0.25, 0.3) is 0 Å². The summed E-state index contributed by atoms with van der Waals surface area (Å²) >= 11 is 5.59. The van der Waals surface area contributed by atoms with E-state index in [1.54, 1.807) is 18.2 Å². The molecule has 5 heteroatoms. The van der Waals surface area contributed by atoms with E-state index < -0.39 is 0 Å². The summed E-state index contributed by atoms with van der Waals surface area (Å²) in [7, 11) is 0. The molecule has 0 aliphatic rings. The molecule has 0 radical (unpaired) electrons. The van der Waals surface area contributed by atoms with E-state index >= 15 is 0 Å². The van der Waals surface area contributed by atoms with E-state index in [1.165, 1.54) is 0 Å². The van der Waals surface area contributed by atoms with Crippen molar-refractivity contribution in [3.8, 4) is 0 Å². The van der Waals surface area contributed by atoms with Crippen LogP contribution in [-0.2, 0) is 0 Å². The van der Waals surface area contributed by atoms with Gasteiger partial charge in [0.25, 0.3) is 0 Å². The highest BCUT2D eigenvalue weighted by atomic mass is 35.5. The SMILES string of the molecule is Nc1cc(N)cc(Cl)c1.[Cl-].[Cl-]. The van der Waals surface area contributed by atoms with Crippen molar-refractivity contribution in [1.29, 1.82) is 0 Å². The smallest absolute Gasteiger partial charge is 0.0446 e. The molecule has 0 spiro atoms. The zero-order valence-electron chi connectivity index (χ0n) is 5.52. The molecule has 0 unspecified atom stereocenters. The molecule has 0 atom stereocenters. The number of benzene rings is 1. The van der Waals surface area contributed by atoms with E-state index in [9.17, 15) is 0 Å². The largest absolute Gasteiger partial charge is 1.00 e. The minimum absolute atomic E-state index is 0. The van der Waals surface area contributed by atoms with E-state index in [2.05, 4.69) is 0 Å². The number of nitrogen functional groups attached to an aromatic ring is 2. The van der Waals surface area contributed by atoms with Gasteiger partial charge < -0.3 is 36.3 Å². The Morgan fingerprint density at radius 1 is 0.909 bits per heavy atom. The molecule has 0 saturated carbocycles. The van der Waals surface area contributed by atoms with Crippen molar-refractivity contribution in [3.63, 3.8) is 0 Å². The lowest BCUT2D eigenvalue weighted by molar-refractivity contribution is -0.001000. The Morgan fingerprint density at radius 2 is 1.27 bits per heavy atom. The normalized spacial score (nSPS) is 7.73. The van der Waals surface area contributed by atoms with Gasteiger partial charge in [0.1, 0.15) is 0 Å². The lowest BCUT2D eigenvalue weighted by Crippen LogP contribution is -3.00. The van der Waals surface area contributed by atoms with Gasteiger partial charge in [-0.3, -0.25) is 0 Å². The van der Waals surface area contributed by atoms with Crippen molar-refractivity contribution in [2.75, 3.05) is 11.5 Å². The highest BCUT2D eigenvalue weighted by Gasteiger charge is 1.90. The first-order valence-corrected chi connectivity index (χ1v) is 2.88. The van der Waals surface area contributed by atoms with Crippen molar-refractivity contribution >= 4 is 23.0 Å². The Labute approximate surface area is 82.7 Å². The second-order valence-electron chi connectivity index (χ2n) is 1.82. The van der Waals surface area contributed by atoms with Gasteiger partial charge in [-0.2, -0.15) is 0 Å². The molecule has 11 heavy (non-hydrogen) atoms. The molecule has 0 aromatic heterocycles. The molecule has 1 aromatic rings. The second kappa shape index (κ2) is 5.35. The van der Waals surface area contributed by atoms with Crippen molar-refractivity contribution < 1.29 is 24.8 Å². The first-order chi connectivity index (χ1) is 4.18. The third kappa shape index (κ3) is 4.19. The lowest BCUT2D eigenvalue weighted by atomic mass is 10.3. The van der Waals surface area contributed by atoms with Crippen LogP contribution in [0.1, 0.15) is 0 Å². The van der Waals surface area contributed by atoms with Gasteiger partial charge in [0.2, 0.25) is 0 Å². The molecular formula is C6H7Cl3N2-2. The van der Waals surface area contributed by atoms with E-state index in [4.69, 9.17) is 23.1 Å². The lowest BCUT2D eigenvalue weighted by Gasteiger charge is -1.95.